The largest absolute Gasteiger partial charge is 0.495 e. The second kappa shape index (κ2) is 5.98. The summed E-state index contributed by atoms with van der Waals surface area (Å²) in [4.78, 5) is 7.64. The molecule has 2 N–H and O–H groups in total. The zero-order chi connectivity index (χ0) is 15.0. The van der Waals surface area contributed by atoms with Gasteiger partial charge in [-0.1, -0.05) is 12.1 Å². The van der Waals surface area contributed by atoms with Crippen LogP contribution in [0.5, 0.6) is 5.75 Å². The Kier molecular flexibility index (Phi) is 4.24. The lowest BCUT2D eigenvalue weighted by Crippen LogP contribution is -2.36. The van der Waals surface area contributed by atoms with E-state index >= 15 is 0 Å². The van der Waals surface area contributed by atoms with E-state index < -0.39 is 0 Å². The molecule has 0 fully saturated rings. The van der Waals surface area contributed by atoms with Crippen molar-refractivity contribution in [1.82, 2.24) is 0 Å². The number of nitrogens with zero attached hydrogens (tertiary/aromatic N) is 2. The molecule has 1 aromatic carbocycles. The molecule has 1 aliphatic rings. The van der Waals surface area contributed by atoms with Gasteiger partial charge in [0.2, 0.25) is 0 Å². The van der Waals surface area contributed by atoms with Crippen LogP contribution in [0.15, 0.2) is 43.6 Å². The molecule has 0 saturated heterocycles. The van der Waals surface area contributed by atoms with E-state index in [9.17, 15) is 0 Å². The summed E-state index contributed by atoms with van der Waals surface area (Å²) in [5.74, 6) is 1.31. The number of halogens is 2. The molecule has 110 valence electrons. The molecule has 1 unspecified atom stereocenters. The molecule has 2 heterocycles. The summed E-state index contributed by atoms with van der Waals surface area (Å²) in [6.45, 7) is 0.642. The van der Waals surface area contributed by atoms with Gasteiger partial charge in [-0.2, -0.15) is 0 Å². The second-order valence-corrected chi connectivity index (χ2v) is 7.78. The summed E-state index contributed by atoms with van der Waals surface area (Å²) in [6, 6.07) is 10.0. The number of anilines is 1. The Hall–Kier alpha value is -1.05. The van der Waals surface area contributed by atoms with Gasteiger partial charge in [0.15, 0.2) is 5.96 Å². The Labute approximate surface area is 143 Å². The van der Waals surface area contributed by atoms with Crippen LogP contribution in [0.3, 0.4) is 0 Å². The molecule has 1 aromatic heterocycles. The van der Waals surface area contributed by atoms with Crippen LogP contribution >= 0.6 is 43.2 Å². The third-order valence-electron chi connectivity index (χ3n) is 3.32. The maximum Gasteiger partial charge on any atom is 0.196 e. The lowest BCUT2D eigenvalue weighted by Gasteiger charge is -2.27. The number of ether oxygens (including phenoxy) is 1. The first-order chi connectivity index (χ1) is 10.1. The summed E-state index contributed by atoms with van der Waals surface area (Å²) < 4.78 is 7.57. The first kappa shape index (κ1) is 14.9. The molecule has 0 spiro atoms. The lowest BCUT2D eigenvalue weighted by atomic mass is 10.2. The minimum Gasteiger partial charge on any atom is -0.495 e. The zero-order valence-corrected chi connectivity index (χ0v) is 15.2. The number of aliphatic imine (C=N–C) groups is 1. The van der Waals surface area contributed by atoms with Gasteiger partial charge in [0.05, 0.1) is 29.2 Å². The smallest absolute Gasteiger partial charge is 0.196 e. The minimum absolute atomic E-state index is 0.0916. The highest BCUT2D eigenvalue weighted by Gasteiger charge is 2.32. The number of thiophene rings is 1. The molecular formula is C14H13Br2N3OS. The average Bonchev–Trinajstić information content (AvgIpc) is 3.02. The predicted octanol–water partition coefficient (Wildman–Crippen LogP) is 4.16. The average molecular weight is 431 g/mol. The maximum atomic E-state index is 6.11. The topological polar surface area (TPSA) is 50.9 Å². The van der Waals surface area contributed by atoms with E-state index in [-0.39, 0.29) is 6.04 Å². The molecule has 4 nitrogen and oxygen atoms in total. The summed E-state index contributed by atoms with van der Waals surface area (Å²) in [7, 11) is 1.66. The molecule has 0 saturated carbocycles. The van der Waals surface area contributed by atoms with Crippen LogP contribution in [0.2, 0.25) is 0 Å². The molecule has 3 rings (SSSR count). The Balaban J connectivity index is 2.03. The second-order valence-electron chi connectivity index (χ2n) is 4.53. The van der Waals surface area contributed by atoms with Crippen LogP contribution in [0, 0.1) is 0 Å². The van der Waals surface area contributed by atoms with Gasteiger partial charge >= 0.3 is 0 Å². The lowest BCUT2D eigenvalue weighted by molar-refractivity contribution is 0.415. The van der Waals surface area contributed by atoms with Crippen molar-refractivity contribution >= 4 is 54.8 Å². The van der Waals surface area contributed by atoms with Crippen LogP contribution in [0.1, 0.15) is 10.9 Å². The highest BCUT2D eigenvalue weighted by Crippen LogP contribution is 2.42. The van der Waals surface area contributed by atoms with Crippen molar-refractivity contribution in [1.29, 1.82) is 0 Å². The van der Waals surface area contributed by atoms with Crippen molar-refractivity contribution < 1.29 is 4.74 Å². The molecule has 1 atom stereocenters. The van der Waals surface area contributed by atoms with E-state index in [1.54, 1.807) is 18.4 Å². The molecule has 7 heteroatoms. The number of methoxy groups -OCH3 is 1. The van der Waals surface area contributed by atoms with Crippen molar-refractivity contribution in [3.63, 3.8) is 0 Å². The number of hydrogen-bond acceptors (Lipinski definition) is 5. The Morgan fingerprint density at radius 3 is 2.81 bits per heavy atom. The Bertz CT molecular complexity index is 682. The number of nitrogens with two attached hydrogens (primary N) is 1. The number of guanidine groups is 1. The van der Waals surface area contributed by atoms with Crippen LogP contribution in [-0.4, -0.2) is 19.6 Å². The van der Waals surface area contributed by atoms with E-state index in [0.29, 0.717) is 12.5 Å². The maximum absolute atomic E-state index is 6.11. The van der Waals surface area contributed by atoms with Crippen LogP contribution in [0.25, 0.3) is 0 Å². The van der Waals surface area contributed by atoms with E-state index in [4.69, 9.17) is 10.5 Å². The highest BCUT2D eigenvalue weighted by atomic mass is 79.9. The van der Waals surface area contributed by atoms with Gasteiger partial charge in [-0.15, -0.1) is 11.3 Å². The number of hydrogen-bond donors (Lipinski definition) is 1. The zero-order valence-electron chi connectivity index (χ0n) is 11.2. The quantitative estimate of drug-likeness (QED) is 0.795. The monoisotopic (exact) mass is 429 g/mol. The van der Waals surface area contributed by atoms with Gasteiger partial charge in [-0.25, -0.2) is 0 Å². The van der Waals surface area contributed by atoms with Gasteiger partial charge in [-0.3, -0.25) is 9.89 Å². The van der Waals surface area contributed by atoms with Gasteiger partial charge in [0.1, 0.15) is 5.75 Å². The third kappa shape index (κ3) is 2.69. The van der Waals surface area contributed by atoms with Crippen molar-refractivity contribution in [2.45, 2.75) is 6.04 Å². The molecular weight excluding hydrogens is 418 g/mol. The van der Waals surface area contributed by atoms with Crippen LogP contribution in [-0.2, 0) is 0 Å². The van der Waals surface area contributed by atoms with Gasteiger partial charge in [-0.05, 0) is 50.1 Å². The number of benzene rings is 1. The first-order valence-electron chi connectivity index (χ1n) is 6.28. The van der Waals surface area contributed by atoms with Crippen molar-refractivity contribution in [2.24, 2.45) is 10.7 Å². The summed E-state index contributed by atoms with van der Waals surface area (Å²) >= 11 is 8.76. The third-order valence-corrected chi connectivity index (χ3v) is 6.68. The fraction of sp³-hybridized carbons (Fsp3) is 0.214. The van der Waals surface area contributed by atoms with E-state index in [0.717, 1.165) is 19.7 Å². The molecule has 1 aliphatic heterocycles. The number of para-hydroxylation sites is 2. The highest BCUT2D eigenvalue weighted by molar-refractivity contribution is 9.13. The molecule has 0 radical (unpaired) electrons. The molecule has 0 amide bonds. The van der Waals surface area contributed by atoms with Crippen molar-refractivity contribution in [3.8, 4) is 5.75 Å². The van der Waals surface area contributed by atoms with Gasteiger partial charge < -0.3 is 10.5 Å². The normalized spacial score (nSPS) is 18.0. The van der Waals surface area contributed by atoms with Crippen molar-refractivity contribution in [2.75, 3.05) is 18.6 Å². The van der Waals surface area contributed by atoms with E-state index in [1.165, 1.54) is 4.88 Å². The molecule has 21 heavy (non-hydrogen) atoms. The van der Waals surface area contributed by atoms with Crippen LogP contribution < -0.4 is 15.4 Å². The van der Waals surface area contributed by atoms with Crippen LogP contribution in [0.4, 0.5) is 5.69 Å². The van der Waals surface area contributed by atoms with Gasteiger partial charge in [0.25, 0.3) is 0 Å². The fourth-order valence-corrected chi connectivity index (χ4v) is 4.53. The summed E-state index contributed by atoms with van der Waals surface area (Å²) in [5.41, 5.74) is 7.04. The van der Waals surface area contributed by atoms with E-state index in [1.807, 2.05) is 29.2 Å². The number of rotatable bonds is 3. The molecule has 0 bridgehead atoms. The predicted molar refractivity (Wildman–Crippen MR) is 94.4 cm³/mol. The van der Waals surface area contributed by atoms with Crippen molar-refractivity contribution in [3.05, 3.63) is 43.5 Å². The minimum atomic E-state index is 0.0916. The van der Waals surface area contributed by atoms with Gasteiger partial charge in [0, 0.05) is 9.35 Å². The SMILES string of the molecule is COc1ccccc1N1C(N)=NCC1c1cc(Br)c(Br)s1. The fourth-order valence-electron chi connectivity index (χ4n) is 2.36. The summed E-state index contributed by atoms with van der Waals surface area (Å²) in [5, 5.41) is 0. The Morgan fingerprint density at radius 2 is 2.14 bits per heavy atom. The standard InChI is InChI=1S/C14H13Br2N3OS/c1-20-11-5-3-2-4-9(11)19-10(7-18-14(19)17)12-6-8(15)13(16)21-12/h2-6,10H,7H2,1H3,(H2,17,18). The Morgan fingerprint density at radius 1 is 1.38 bits per heavy atom. The first-order valence-corrected chi connectivity index (χ1v) is 8.69. The molecule has 0 aliphatic carbocycles. The summed E-state index contributed by atoms with van der Waals surface area (Å²) in [6.07, 6.45) is 0. The van der Waals surface area contributed by atoms with E-state index in [2.05, 4.69) is 42.9 Å². The molecule has 2 aromatic rings.